The molecule has 0 amide bonds. The third-order valence-electron chi connectivity index (χ3n) is 3.94. The number of hydrogen-bond acceptors (Lipinski definition) is 4. The van der Waals surface area contributed by atoms with Gasteiger partial charge in [-0.25, -0.2) is 9.36 Å². The van der Waals surface area contributed by atoms with Crippen molar-refractivity contribution in [2.24, 2.45) is 4.99 Å². The number of nitrogens with zero attached hydrogens (tertiary/aromatic N) is 2. The first-order chi connectivity index (χ1) is 11.7. The van der Waals surface area contributed by atoms with Gasteiger partial charge >= 0.3 is 5.69 Å². The molecule has 0 saturated heterocycles. The lowest BCUT2D eigenvalue weighted by Gasteiger charge is -2.15. The summed E-state index contributed by atoms with van der Waals surface area (Å²) in [5.74, 6) is -0.398. The highest BCUT2D eigenvalue weighted by Gasteiger charge is 2.17. The monoisotopic (exact) mass is 345 g/mol. The number of aryl methyl sites for hydroxylation is 3. The van der Waals surface area contributed by atoms with E-state index in [1.54, 1.807) is 0 Å². The molecule has 7 heteroatoms. The van der Waals surface area contributed by atoms with Gasteiger partial charge in [-0.15, -0.1) is 0 Å². The van der Waals surface area contributed by atoms with Crippen molar-refractivity contribution in [2.75, 3.05) is 27.2 Å². The summed E-state index contributed by atoms with van der Waals surface area (Å²) < 4.78 is 1.13. The second kappa shape index (κ2) is 7.48. The molecule has 1 aromatic carbocycles. The third kappa shape index (κ3) is 4.06. The normalized spacial score (nSPS) is 11.6. The minimum Gasteiger partial charge on any atom is -0.493 e. The Kier molecular flexibility index (Phi) is 5.58. The maximum Gasteiger partial charge on any atom is 0.335 e. The zero-order chi connectivity index (χ0) is 18.7. The summed E-state index contributed by atoms with van der Waals surface area (Å²) in [5, 5.41) is 10.6. The molecule has 0 unspecified atom stereocenters. The number of aromatic hydroxyl groups is 1. The van der Waals surface area contributed by atoms with Crippen molar-refractivity contribution < 1.29 is 10.0 Å². The topological polar surface area (TPSA) is 91.9 Å². The molecular formula is C18H25N4O3+. The quantitative estimate of drug-likeness (QED) is 0.651. The molecule has 0 aliphatic carbocycles. The van der Waals surface area contributed by atoms with Gasteiger partial charge in [0, 0.05) is 6.21 Å². The van der Waals surface area contributed by atoms with E-state index in [4.69, 9.17) is 0 Å². The van der Waals surface area contributed by atoms with Gasteiger partial charge < -0.3 is 10.0 Å². The van der Waals surface area contributed by atoms with Crippen LogP contribution in [0.2, 0.25) is 0 Å². The molecule has 25 heavy (non-hydrogen) atoms. The van der Waals surface area contributed by atoms with Gasteiger partial charge in [-0.05, 0) is 31.9 Å². The first kappa shape index (κ1) is 18.7. The van der Waals surface area contributed by atoms with Gasteiger partial charge in [-0.3, -0.25) is 14.8 Å². The van der Waals surface area contributed by atoms with Crippen LogP contribution in [0.5, 0.6) is 5.88 Å². The molecule has 0 aliphatic heterocycles. The van der Waals surface area contributed by atoms with Crippen LogP contribution in [-0.2, 0) is 0 Å². The number of rotatable bonds is 5. The maximum atomic E-state index is 12.3. The standard InChI is InChI=1S/C18H24N4O3/c1-11-8-12(2)15(13(3)9-11)22-17(24)14(16(23)20-18(22)25)10-19-6-7-21(4)5/h8-10,24H,6-7H2,1-5H3,(H,20,23,25)/p+1. The van der Waals surface area contributed by atoms with Crippen molar-refractivity contribution in [2.45, 2.75) is 20.8 Å². The summed E-state index contributed by atoms with van der Waals surface area (Å²) in [6.07, 6.45) is 1.33. The predicted molar refractivity (Wildman–Crippen MR) is 98.7 cm³/mol. The van der Waals surface area contributed by atoms with E-state index in [-0.39, 0.29) is 5.56 Å². The van der Waals surface area contributed by atoms with Crippen LogP contribution in [0.15, 0.2) is 26.7 Å². The minimum absolute atomic E-state index is 0.0206. The van der Waals surface area contributed by atoms with E-state index in [1.807, 2.05) is 47.0 Å². The Morgan fingerprint density at radius 1 is 1.20 bits per heavy atom. The smallest absolute Gasteiger partial charge is 0.335 e. The van der Waals surface area contributed by atoms with Gasteiger partial charge in [-0.1, -0.05) is 17.7 Å². The largest absolute Gasteiger partial charge is 0.493 e. The summed E-state index contributed by atoms with van der Waals surface area (Å²) in [4.78, 5) is 32.1. The fourth-order valence-electron chi connectivity index (χ4n) is 2.83. The Hall–Kier alpha value is -2.67. The SMILES string of the molecule is Cc1cc(C)c(-n2c(O)c(C=NCC[NH+](C)C)c(=O)[nH]c2=O)c(C)c1. The van der Waals surface area contributed by atoms with Gasteiger partial charge in [0.25, 0.3) is 5.56 Å². The number of likely N-dealkylation sites (N-methyl/N-ethyl adjacent to an activating group) is 1. The average molecular weight is 345 g/mol. The highest BCUT2D eigenvalue weighted by atomic mass is 16.3. The van der Waals surface area contributed by atoms with E-state index >= 15 is 0 Å². The van der Waals surface area contributed by atoms with Crippen LogP contribution in [-0.4, -0.2) is 48.1 Å². The highest BCUT2D eigenvalue weighted by Crippen LogP contribution is 2.23. The number of aromatic amines is 1. The van der Waals surface area contributed by atoms with Crippen LogP contribution in [0.1, 0.15) is 22.3 Å². The number of nitrogens with one attached hydrogen (secondary N) is 2. The van der Waals surface area contributed by atoms with Crippen LogP contribution >= 0.6 is 0 Å². The van der Waals surface area contributed by atoms with Crippen molar-refractivity contribution in [3.05, 3.63) is 55.2 Å². The van der Waals surface area contributed by atoms with Crippen LogP contribution in [0.25, 0.3) is 5.69 Å². The molecule has 2 rings (SSSR count). The van der Waals surface area contributed by atoms with Crippen LogP contribution in [0.3, 0.4) is 0 Å². The zero-order valence-corrected chi connectivity index (χ0v) is 15.3. The molecule has 0 spiro atoms. The summed E-state index contributed by atoms with van der Waals surface area (Å²) in [6, 6.07) is 3.85. The maximum absolute atomic E-state index is 12.3. The first-order valence-electron chi connectivity index (χ1n) is 8.17. The molecule has 1 heterocycles. The van der Waals surface area contributed by atoms with E-state index in [9.17, 15) is 14.7 Å². The van der Waals surface area contributed by atoms with E-state index in [0.717, 1.165) is 27.8 Å². The van der Waals surface area contributed by atoms with Crippen molar-refractivity contribution in [1.82, 2.24) is 9.55 Å². The molecular weight excluding hydrogens is 320 g/mol. The zero-order valence-electron chi connectivity index (χ0n) is 15.3. The number of aromatic nitrogens is 2. The van der Waals surface area contributed by atoms with Crippen molar-refractivity contribution in [3.63, 3.8) is 0 Å². The number of benzene rings is 1. The Labute approximate surface area is 146 Å². The molecule has 3 N–H and O–H groups in total. The highest BCUT2D eigenvalue weighted by molar-refractivity contribution is 5.82. The van der Waals surface area contributed by atoms with Gasteiger partial charge in [0.1, 0.15) is 5.56 Å². The molecule has 134 valence electrons. The number of hydrogen-bond donors (Lipinski definition) is 3. The van der Waals surface area contributed by atoms with E-state index in [1.165, 1.54) is 11.1 Å². The average Bonchev–Trinajstić information content (AvgIpc) is 2.48. The van der Waals surface area contributed by atoms with E-state index in [2.05, 4.69) is 9.98 Å². The summed E-state index contributed by atoms with van der Waals surface area (Å²) >= 11 is 0. The van der Waals surface area contributed by atoms with E-state index in [0.29, 0.717) is 12.2 Å². The molecule has 0 atom stereocenters. The molecule has 0 bridgehead atoms. The van der Waals surface area contributed by atoms with Gasteiger partial charge in [0.2, 0.25) is 5.88 Å². The lowest BCUT2D eigenvalue weighted by atomic mass is 10.0. The second-order valence-corrected chi connectivity index (χ2v) is 6.57. The summed E-state index contributed by atoms with van der Waals surface area (Å²) in [6.45, 7) is 7.00. The second-order valence-electron chi connectivity index (χ2n) is 6.57. The lowest BCUT2D eigenvalue weighted by Crippen LogP contribution is -3.06. The number of H-pyrrole nitrogens is 1. The minimum atomic E-state index is -0.674. The Bertz CT molecular complexity index is 900. The number of aliphatic imine (C=N–C) groups is 1. The molecule has 2 aromatic rings. The first-order valence-corrected chi connectivity index (χ1v) is 8.17. The molecule has 0 fully saturated rings. The third-order valence-corrected chi connectivity index (χ3v) is 3.94. The molecule has 0 aliphatic rings. The molecule has 1 aromatic heterocycles. The van der Waals surface area contributed by atoms with Crippen LogP contribution in [0, 0.1) is 20.8 Å². The number of quaternary nitrogens is 1. The Balaban J connectivity index is 2.60. The van der Waals surface area contributed by atoms with Gasteiger partial charge in [-0.2, -0.15) is 0 Å². The van der Waals surface area contributed by atoms with Crippen molar-refractivity contribution in [3.8, 4) is 11.6 Å². The fourth-order valence-corrected chi connectivity index (χ4v) is 2.83. The summed E-state index contributed by atoms with van der Waals surface area (Å²) in [5.41, 5.74) is 1.95. The molecule has 0 saturated carbocycles. The molecule has 7 nitrogen and oxygen atoms in total. The van der Waals surface area contributed by atoms with Crippen molar-refractivity contribution in [1.29, 1.82) is 0 Å². The lowest BCUT2D eigenvalue weighted by molar-refractivity contribution is -0.856. The van der Waals surface area contributed by atoms with Crippen LogP contribution in [0.4, 0.5) is 0 Å². The summed E-state index contributed by atoms with van der Waals surface area (Å²) in [7, 11) is 4.01. The fraction of sp³-hybridized carbons (Fsp3) is 0.389. The molecule has 0 radical (unpaired) electrons. The van der Waals surface area contributed by atoms with Gasteiger partial charge in [0.15, 0.2) is 0 Å². The van der Waals surface area contributed by atoms with Gasteiger partial charge in [0.05, 0.1) is 32.9 Å². The van der Waals surface area contributed by atoms with E-state index < -0.39 is 17.1 Å². The van der Waals surface area contributed by atoms with Crippen LogP contribution < -0.4 is 16.1 Å². The predicted octanol–water partition coefficient (Wildman–Crippen LogP) is -0.280. The Morgan fingerprint density at radius 3 is 2.36 bits per heavy atom. The van der Waals surface area contributed by atoms with Crippen molar-refractivity contribution >= 4 is 6.21 Å². The Morgan fingerprint density at radius 2 is 1.80 bits per heavy atom.